The van der Waals surface area contributed by atoms with Crippen molar-refractivity contribution in [1.29, 1.82) is 0 Å². The van der Waals surface area contributed by atoms with Gasteiger partial charge in [0.05, 0.1) is 87.8 Å². The number of rotatable bonds is 39. The van der Waals surface area contributed by atoms with E-state index in [-0.39, 0.29) is 180 Å². The number of hydrogen-bond donors (Lipinski definition) is 7. The Morgan fingerprint density at radius 2 is 0.824 bits per heavy atom. The Hall–Kier alpha value is -11.2. The number of likely N-dealkylation sites (N-methyl/N-ethyl adjacent to an activating group) is 1. The molecule has 12 atom stereocenters. The number of benzene rings is 3. The fourth-order valence-electron chi connectivity index (χ4n) is 17.4. The molecule has 1 saturated heterocycles. The Bertz CT molecular complexity index is 6050. The molecule has 5 fully saturated rings. The average Bonchev–Trinajstić information content (AvgIpc) is 1.58. The molecular formula is C97H113Cl4F9LiN15O16. The minimum absolute atomic E-state index is 0. The van der Waals surface area contributed by atoms with E-state index in [2.05, 4.69) is 79.1 Å². The second kappa shape index (κ2) is 49.9. The maximum absolute atomic E-state index is 14.0. The number of carbonyl (C=O) groups excluding carboxylic acids is 6. The zero-order valence-corrected chi connectivity index (χ0v) is 80.9. The van der Waals surface area contributed by atoms with E-state index in [1.165, 1.54) is 24.3 Å². The number of aliphatic carboxylic acids is 1. The van der Waals surface area contributed by atoms with E-state index in [0.29, 0.717) is 84.0 Å². The molecule has 0 radical (unpaired) electrons. The molecule has 9 aromatic rings. The van der Waals surface area contributed by atoms with Crippen LogP contribution in [0.2, 0.25) is 15.1 Å². The van der Waals surface area contributed by atoms with Crippen molar-refractivity contribution in [3.05, 3.63) is 204 Å². The first-order valence-corrected chi connectivity index (χ1v) is 46.0. The zero-order valence-electron chi connectivity index (χ0n) is 77.9. The number of esters is 1. The molecule has 2 unspecified atom stereocenters. The molecule has 4 saturated carbocycles. The first-order chi connectivity index (χ1) is 65.6. The van der Waals surface area contributed by atoms with Crippen molar-refractivity contribution in [1.82, 2.24) is 74.9 Å². The first-order valence-electron chi connectivity index (χ1n) is 44.8. The Kier molecular flexibility index (Phi) is 40.8. The number of unbranched alkanes of at least 4 members (excludes halogenated alkanes) is 6. The number of nitrogens with zero attached hydrogens (tertiary/aromatic N) is 12. The fourth-order valence-corrected chi connectivity index (χ4v) is 18.2. The van der Waals surface area contributed by atoms with Gasteiger partial charge >= 0.3 is 49.3 Å². The molecule has 7 heterocycles. The van der Waals surface area contributed by atoms with Crippen molar-refractivity contribution in [3.63, 3.8) is 0 Å². The molecule has 31 nitrogen and oxygen atoms in total. The third-order valence-corrected chi connectivity index (χ3v) is 26.5. The third kappa shape index (κ3) is 26.7. The van der Waals surface area contributed by atoms with Crippen LogP contribution in [-0.2, 0) is 76.6 Å². The number of carboxylic acids is 1. The molecule has 1 aliphatic heterocycles. The number of aliphatic hydroxyl groups is 3. The van der Waals surface area contributed by atoms with Gasteiger partial charge < -0.3 is 75.5 Å². The number of allylic oxidation sites excluding steroid dienone is 3. The number of hydrogen-bond acceptors (Lipinski definition) is 22. The van der Waals surface area contributed by atoms with Gasteiger partial charge in [-0.1, -0.05) is 90.8 Å². The van der Waals surface area contributed by atoms with Gasteiger partial charge in [-0.2, -0.15) is 54.8 Å². The summed E-state index contributed by atoms with van der Waals surface area (Å²) >= 11 is 19.6. The van der Waals surface area contributed by atoms with Crippen LogP contribution < -0.4 is 49.0 Å². The molecule has 8 N–H and O–H groups in total. The van der Waals surface area contributed by atoms with E-state index in [1.807, 2.05) is 12.2 Å². The predicted octanol–water partition coefficient (Wildman–Crippen LogP) is 13.5. The van der Waals surface area contributed by atoms with Crippen LogP contribution in [-0.4, -0.2) is 216 Å². The van der Waals surface area contributed by atoms with Gasteiger partial charge in [0.15, 0.2) is 34.5 Å². The van der Waals surface area contributed by atoms with E-state index < -0.39 is 131 Å². The SMILES string of the molecule is C.C=CCCCCN(C)C(=O)[C@@H]1C[C@H](Oc2cc(-n3ccc(C(F)(F)F)n3)nc3c(Cl)c(CO)ccc23)CC1C(=O)N[C@]1(C(=O)O)C[C@H]1C=C.C=CCCCCN(C)C(=O)[C@@H]1C[C@H](Oc2cc(-n3ccc(C(F)(F)F)n3)nc3c(Cl)c(CO)ccc23)CC1C(=O)N[C@]1(C(=O)OCC)C[C@H]1C=C.C=CCCCCN(C)C(=O)[C@@H]1C[C@H](Oc2cc(-n3ccc(C(F)(F)F)n3)nc3c(Cl)c(CO)ccc23)CN1.Cl.[Li+].[OH-]. The largest absolute Gasteiger partial charge is 1.00 e. The van der Waals surface area contributed by atoms with Crippen molar-refractivity contribution in [2.45, 2.75) is 191 Å². The fraction of sp³-hybridized carbons (Fsp3) is 0.454. The number of carboxylic acid groups (broad SMARTS) is 1. The minimum atomic E-state index is -4.70. The molecule has 3 aromatic carbocycles. The van der Waals surface area contributed by atoms with Gasteiger partial charge in [0, 0.05) is 119 Å². The Labute approximate surface area is 846 Å². The Balaban J connectivity index is 0.000000260. The average molecular weight is 2060 g/mol. The number of pyridine rings is 3. The standard InChI is InChI=1S/C36H41ClF3N5O6.C34H37ClF3N5O6.C26H29ClF3N5O3.CH4.ClH.Li.H2O/c1-5-8-9-10-14-44(4)33(48)26-17-23(16-25(26)32(47)42-35(19-22(35)6-2)34(49)50-7-3)51-27-18-29(45-15-13-28(43-45)36(38,39)40)41-31-24(27)12-11-21(20-46)30(31)37;1-4-6-7-8-12-42(3)31(46)24-15-21(14-23(24)30(45)40-33(32(47)48)17-20(33)5-2)49-25-16-27(43-13-11-26(41-43)34(36,37)38)39-29-22(25)10-9-19(18-44)28(29)35;1-3-4-5-6-10-34(2)25(37)19-12-17(14-31-19)38-20-13-22(35-11-9-21(33-35)26(28,29)30)32-24-18(20)8-7-16(15-36)23(24)27;;;;/h5-6,11-13,15,18,22-23,25-26,46H,1-2,7-10,14,16-17,19-20H2,3-4H3,(H,42,47);4-5,9-11,13,16,20-21,23-24,44H,1-2,6-8,12,14-15,17-18H2,3H3,(H,40,45)(H,47,48);3,7-9,11,13,17,19,31,36H,1,4-6,10,12,14-15H2,2H3;1H4;1H;;1H2/q;;;;;+1;/p-1/t22-,23-,25?,26-,35-;20-,21-,23?,24-,33-;17-,19-;;;;/m110..../s1. The maximum atomic E-state index is 14.0. The number of carbonyl (C=O) groups is 7. The number of fused-ring (bicyclic) bond motifs is 3. The minimum Gasteiger partial charge on any atom is -0.870 e. The summed E-state index contributed by atoms with van der Waals surface area (Å²) < 4.78 is 147. The second-order valence-electron chi connectivity index (χ2n) is 34.6. The quantitative estimate of drug-likeness (QED) is 0.00618. The summed E-state index contributed by atoms with van der Waals surface area (Å²) in [5.41, 5.74) is -4.48. The number of halogens is 13. The molecule has 0 bridgehead atoms. The van der Waals surface area contributed by atoms with Crippen LogP contribution in [0.4, 0.5) is 39.5 Å². The van der Waals surface area contributed by atoms with Crippen LogP contribution >= 0.6 is 47.2 Å². The van der Waals surface area contributed by atoms with Gasteiger partial charge in [-0.3, -0.25) is 24.0 Å². The van der Waals surface area contributed by atoms with Crippen LogP contribution in [0, 0.1) is 35.5 Å². The van der Waals surface area contributed by atoms with E-state index in [4.69, 9.17) is 53.8 Å². The van der Waals surface area contributed by atoms with E-state index in [0.717, 1.165) is 102 Å². The summed E-state index contributed by atoms with van der Waals surface area (Å²) in [6.45, 7) is 21.2. The third-order valence-electron chi connectivity index (χ3n) is 25.2. The number of ether oxygens (including phenoxy) is 4. The topological polar surface area (TPSA) is 405 Å². The van der Waals surface area contributed by atoms with Gasteiger partial charge in [0.1, 0.15) is 46.6 Å². The Morgan fingerprint density at radius 1 is 0.500 bits per heavy atom. The number of aliphatic hydroxyl groups excluding tert-OH is 3. The number of amides is 5. The van der Waals surface area contributed by atoms with Crippen molar-refractivity contribution in [2.75, 3.05) is 53.9 Å². The smallest absolute Gasteiger partial charge is 0.870 e. The van der Waals surface area contributed by atoms with Crippen molar-refractivity contribution < 1.29 is 137 Å². The van der Waals surface area contributed by atoms with Crippen LogP contribution in [0.25, 0.3) is 50.2 Å². The van der Waals surface area contributed by atoms with E-state index in [1.54, 1.807) is 91.3 Å². The monoisotopic (exact) mass is 2060 g/mol. The molecule has 45 heteroatoms. The maximum Gasteiger partial charge on any atom is 1.00 e. The molecule has 4 aliphatic carbocycles. The summed E-state index contributed by atoms with van der Waals surface area (Å²) in [5.74, 6) is -7.05. The van der Waals surface area contributed by atoms with Crippen molar-refractivity contribution in [2.24, 2.45) is 35.5 Å². The number of nitrogens with one attached hydrogen (secondary N) is 3. The molecule has 5 amide bonds. The van der Waals surface area contributed by atoms with Crippen molar-refractivity contribution >= 4 is 121 Å². The molecule has 14 rings (SSSR count). The van der Waals surface area contributed by atoms with Gasteiger partial charge in [0.2, 0.25) is 29.5 Å². The van der Waals surface area contributed by atoms with E-state index in [9.17, 15) is 93.5 Å². The Morgan fingerprint density at radius 3 is 1.13 bits per heavy atom. The van der Waals surface area contributed by atoms with Gasteiger partial charge in [-0.25, -0.2) is 38.6 Å². The molecule has 6 aromatic heterocycles. The molecule has 142 heavy (non-hydrogen) atoms. The molecule has 0 spiro atoms. The van der Waals surface area contributed by atoms with Gasteiger partial charge in [-0.15, -0.1) is 45.3 Å². The number of aromatic nitrogens is 9. The van der Waals surface area contributed by atoms with Crippen LogP contribution in [0.3, 0.4) is 0 Å². The summed E-state index contributed by atoms with van der Waals surface area (Å²) in [4.78, 5) is 112. The van der Waals surface area contributed by atoms with Crippen LogP contribution in [0.15, 0.2) is 155 Å². The molecule has 5 aliphatic rings. The molecule has 764 valence electrons. The van der Waals surface area contributed by atoms with Crippen LogP contribution in [0.1, 0.15) is 151 Å². The zero-order chi connectivity index (χ0) is 100. The van der Waals surface area contributed by atoms with Crippen LogP contribution in [0.5, 0.6) is 17.2 Å². The summed E-state index contributed by atoms with van der Waals surface area (Å²) in [7, 11) is 5.10. The van der Waals surface area contributed by atoms with E-state index >= 15 is 0 Å². The number of alkyl halides is 9. The first kappa shape index (κ1) is 116. The van der Waals surface area contributed by atoms with Gasteiger partial charge in [0.25, 0.3) is 0 Å². The normalized spacial score (nSPS) is 20.9. The summed E-state index contributed by atoms with van der Waals surface area (Å²) in [6.07, 6.45) is 4.76. The molecular weight excluding hydrogens is 1950 g/mol. The predicted molar refractivity (Wildman–Crippen MR) is 510 cm³/mol. The summed E-state index contributed by atoms with van der Waals surface area (Å²) in [5, 5.41) is 60.4. The summed E-state index contributed by atoms with van der Waals surface area (Å²) in [6, 6.07) is 16.0. The second-order valence-corrected chi connectivity index (χ2v) is 35.7. The van der Waals surface area contributed by atoms with Crippen molar-refractivity contribution in [3.8, 4) is 34.7 Å². The van der Waals surface area contributed by atoms with Gasteiger partial charge in [-0.05, 0) is 156 Å².